The first-order valence-electron chi connectivity index (χ1n) is 7.92. The molecule has 3 aromatic heterocycles. The van der Waals surface area contributed by atoms with Crippen LogP contribution in [0.3, 0.4) is 0 Å². The third-order valence-electron chi connectivity index (χ3n) is 4.19. The number of nitrogens with zero attached hydrogens (tertiary/aromatic N) is 4. The van der Waals surface area contributed by atoms with Crippen LogP contribution in [0.2, 0.25) is 0 Å². The van der Waals surface area contributed by atoms with Gasteiger partial charge in [0.05, 0.1) is 12.8 Å². The molecular weight excluding hydrogens is 310 g/mol. The highest BCUT2D eigenvalue weighted by Gasteiger charge is 2.23. The zero-order chi connectivity index (χ0) is 16.5. The smallest absolute Gasteiger partial charge is 0.293 e. The topological polar surface area (TPSA) is 99.0 Å². The molecule has 0 bridgehead atoms. The molecule has 8 heteroatoms. The summed E-state index contributed by atoms with van der Waals surface area (Å²) in [6.45, 7) is 0.175. The first kappa shape index (κ1) is 14.7. The van der Waals surface area contributed by atoms with E-state index in [1.54, 1.807) is 12.1 Å². The Balaban J connectivity index is 1.46. The third-order valence-corrected chi connectivity index (χ3v) is 4.19. The van der Waals surface area contributed by atoms with Gasteiger partial charge in [0.15, 0.2) is 17.3 Å². The van der Waals surface area contributed by atoms with Crippen molar-refractivity contribution in [2.45, 2.75) is 32.2 Å². The number of rotatable bonds is 4. The molecule has 4 rings (SSSR count). The largest absolute Gasteiger partial charge is 0.459 e. The van der Waals surface area contributed by atoms with Gasteiger partial charge in [0.2, 0.25) is 0 Å². The highest BCUT2D eigenvalue weighted by Crippen LogP contribution is 2.24. The molecule has 0 spiro atoms. The Kier molecular flexibility index (Phi) is 3.64. The summed E-state index contributed by atoms with van der Waals surface area (Å²) < 4.78 is 12.1. The second-order valence-electron chi connectivity index (χ2n) is 5.78. The van der Waals surface area contributed by atoms with Crippen molar-refractivity contribution in [2.24, 2.45) is 7.05 Å². The number of carbonyl (C=O) groups is 1. The van der Waals surface area contributed by atoms with Gasteiger partial charge in [-0.05, 0) is 37.8 Å². The molecule has 1 N–H and O–H groups in total. The number of furan rings is 1. The lowest BCUT2D eigenvalue weighted by Crippen LogP contribution is -2.25. The minimum absolute atomic E-state index is 0.175. The Bertz CT molecular complexity index is 863. The van der Waals surface area contributed by atoms with Crippen molar-refractivity contribution in [2.75, 3.05) is 0 Å². The van der Waals surface area contributed by atoms with Crippen LogP contribution in [0.4, 0.5) is 0 Å². The maximum absolute atomic E-state index is 12.4. The Hall–Kier alpha value is -2.90. The predicted molar refractivity (Wildman–Crippen MR) is 83.0 cm³/mol. The number of aromatic nitrogens is 4. The van der Waals surface area contributed by atoms with Crippen molar-refractivity contribution in [3.05, 3.63) is 41.2 Å². The van der Waals surface area contributed by atoms with Crippen LogP contribution in [0.5, 0.6) is 0 Å². The summed E-state index contributed by atoms with van der Waals surface area (Å²) in [6, 6.07) is 3.47. The van der Waals surface area contributed by atoms with Gasteiger partial charge in [-0.2, -0.15) is 10.1 Å². The van der Waals surface area contributed by atoms with Crippen LogP contribution in [0.25, 0.3) is 11.7 Å². The number of hydrogen-bond donors (Lipinski definition) is 1. The molecule has 1 aliphatic carbocycles. The summed E-state index contributed by atoms with van der Waals surface area (Å²) in [6.07, 6.45) is 5.65. The minimum Gasteiger partial charge on any atom is -0.459 e. The summed E-state index contributed by atoms with van der Waals surface area (Å²) in [7, 11) is 1.88. The molecule has 3 aromatic rings. The molecule has 0 aliphatic heterocycles. The summed E-state index contributed by atoms with van der Waals surface area (Å²) in [5.74, 6) is 0.969. The maximum Gasteiger partial charge on any atom is 0.293 e. The van der Waals surface area contributed by atoms with E-state index in [2.05, 4.69) is 20.6 Å². The van der Waals surface area contributed by atoms with Gasteiger partial charge in [0.25, 0.3) is 11.8 Å². The Morgan fingerprint density at radius 1 is 1.38 bits per heavy atom. The molecule has 0 saturated heterocycles. The van der Waals surface area contributed by atoms with E-state index in [1.165, 1.54) is 6.26 Å². The first-order chi connectivity index (χ1) is 11.7. The van der Waals surface area contributed by atoms with E-state index >= 15 is 0 Å². The van der Waals surface area contributed by atoms with Crippen molar-refractivity contribution in [1.29, 1.82) is 0 Å². The van der Waals surface area contributed by atoms with Crippen LogP contribution in [0.15, 0.2) is 27.3 Å². The van der Waals surface area contributed by atoms with Gasteiger partial charge in [-0.15, -0.1) is 0 Å². The number of nitrogens with one attached hydrogen (secondary N) is 1. The predicted octanol–water partition coefficient (Wildman–Crippen LogP) is 1.87. The minimum atomic E-state index is -0.210. The fourth-order valence-corrected chi connectivity index (χ4v) is 3.02. The molecule has 0 fully saturated rings. The van der Waals surface area contributed by atoms with Crippen LogP contribution in [0, 0.1) is 0 Å². The molecule has 3 heterocycles. The van der Waals surface area contributed by atoms with Crippen molar-refractivity contribution in [3.8, 4) is 11.7 Å². The van der Waals surface area contributed by atoms with Gasteiger partial charge < -0.3 is 14.3 Å². The molecule has 24 heavy (non-hydrogen) atoms. The number of fused-ring (bicyclic) bond motifs is 1. The molecule has 0 aromatic carbocycles. The number of aryl methyl sites for hydroxylation is 1. The Labute approximate surface area is 137 Å². The van der Waals surface area contributed by atoms with Gasteiger partial charge in [0.1, 0.15) is 0 Å². The molecule has 1 amide bonds. The van der Waals surface area contributed by atoms with Gasteiger partial charge in [0, 0.05) is 18.3 Å². The zero-order valence-electron chi connectivity index (χ0n) is 13.3. The standard InChI is InChI=1S/C16H17N5O3/c1-21-11-6-3-2-5-10(11)14(19-21)15(22)17-9-13-18-16(24-20-13)12-7-4-8-23-12/h4,7-8H,2-3,5-6,9H2,1H3,(H,17,22). The van der Waals surface area contributed by atoms with Crippen LogP contribution in [-0.2, 0) is 26.4 Å². The van der Waals surface area contributed by atoms with Crippen LogP contribution in [0.1, 0.15) is 40.4 Å². The second-order valence-corrected chi connectivity index (χ2v) is 5.78. The van der Waals surface area contributed by atoms with E-state index in [1.807, 2.05) is 11.7 Å². The van der Waals surface area contributed by atoms with Gasteiger partial charge in [-0.3, -0.25) is 9.48 Å². The second kappa shape index (κ2) is 5.95. The summed E-state index contributed by atoms with van der Waals surface area (Å²) >= 11 is 0. The van der Waals surface area contributed by atoms with Crippen molar-refractivity contribution in [1.82, 2.24) is 25.2 Å². The molecule has 0 saturated carbocycles. The monoisotopic (exact) mass is 327 g/mol. The number of hydrogen-bond acceptors (Lipinski definition) is 6. The quantitative estimate of drug-likeness (QED) is 0.785. The molecule has 0 unspecified atom stereocenters. The Morgan fingerprint density at radius 2 is 2.25 bits per heavy atom. The maximum atomic E-state index is 12.4. The van der Waals surface area contributed by atoms with Gasteiger partial charge >= 0.3 is 0 Å². The van der Waals surface area contributed by atoms with Crippen LogP contribution >= 0.6 is 0 Å². The normalized spacial score (nSPS) is 13.7. The average Bonchev–Trinajstić information content (AvgIpc) is 3.33. The van der Waals surface area contributed by atoms with E-state index in [-0.39, 0.29) is 12.5 Å². The van der Waals surface area contributed by atoms with Gasteiger partial charge in [-0.1, -0.05) is 5.16 Å². The van der Waals surface area contributed by atoms with Gasteiger partial charge in [-0.25, -0.2) is 0 Å². The molecule has 8 nitrogen and oxygen atoms in total. The molecule has 124 valence electrons. The molecule has 0 atom stereocenters. The summed E-state index contributed by atoms with van der Waals surface area (Å²) in [5, 5.41) is 11.0. The van der Waals surface area contributed by atoms with E-state index < -0.39 is 0 Å². The first-order valence-corrected chi connectivity index (χ1v) is 7.92. The average molecular weight is 327 g/mol. The third kappa shape index (κ3) is 2.60. The van der Waals surface area contributed by atoms with E-state index in [0.717, 1.165) is 36.9 Å². The van der Waals surface area contributed by atoms with E-state index in [9.17, 15) is 4.79 Å². The lowest BCUT2D eigenvalue weighted by Gasteiger charge is -2.12. The van der Waals surface area contributed by atoms with Crippen LogP contribution in [-0.4, -0.2) is 25.8 Å². The highest BCUT2D eigenvalue weighted by atomic mass is 16.5. The summed E-state index contributed by atoms with van der Waals surface area (Å²) in [5.41, 5.74) is 2.72. The fraction of sp³-hybridized carbons (Fsp3) is 0.375. The van der Waals surface area contributed by atoms with Crippen molar-refractivity contribution >= 4 is 5.91 Å². The molecular formula is C16H17N5O3. The fourth-order valence-electron chi connectivity index (χ4n) is 3.02. The Morgan fingerprint density at radius 3 is 3.08 bits per heavy atom. The van der Waals surface area contributed by atoms with Crippen molar-refractivity contribution < 1.29 is 13.7 Å². The SMILES string of the molecule is Cn1nc(C(=O)NCc2noc(-c3ccco3)n2)c2c1CCCC2. The number of amides is 1. The molecule has 0 radical (unpaired) electrons. The highest BCUT2D eigenvalue weighted by molar-refractivity contribution is 5.94. The molecule has 1 aliphatic rings. The number of carbonyl (C=O) groups excluding carboxylic acids is 1. The van der Waals surface area contributed by atoms with Crippen LogP contribution < -0.4 is 5.32 Å². The van der Waals surface area contributed by atoms with E-state index in [0.29, 0.717) is 23.2 Å². The van der Waals surface area contributed by atoms with Crippen molar-refractivity contribution in [3.63, 3.8) is 0 Å². The van der Waals surface area contributed by atoms with E-state index in [4.69, 9.17) is 8.94 Å². The lowest BCUT2D eigenvalue weighted by atomic mass is 9.95. The lowest BCUT2D eigenvalue weighted by molar-refractivity contribution is 0.0943. The summed E-state index contributed by atoms with van der Waals surface area (Å²) in [4.78, 5) is 16.6. The zero-order valence-corrected chi connectivity index (χ0v) is 13.3.